The summed E-state index contributed by atoms with van der Waals surface area (Å²) in [5.41, 5.74) is 14.1. The Balaban J connectivity index is 0.000000150. The number of nitrogens with two attached hydrogens (primary N) is 1. The quantitative estimate of drug-likeness (QED) is 0.0845. The lowest BCUT2D eigenvalue weighted by Crippen LogP contribution is -2.41. The summed E-state index contributed by atoms with van der Waals surface area (Å²) in [7, 11) is -0.777. The van der Waals surface area contributed by atoms with Gasteiger partial charge < -0.3 is 53.4 Å². The van der Waals surface area contributed by atoms with Gasteiger partial charge in [0.05, 0.1) is 22.4 Å². The summed E-state index contributed by atoms with van der Waals surface area (Å²) >= 11 is 0. The first-order chi connectivity index (χ1) is 34.6. The number of nitrogens with one attached hydrogen (secondary N) is 1. The first-order valence-corrected chi connectivity index (χ1v) is 25.6. The van der Waals surface area contributed by atoms with E-state index < -0.39 is 41.4 Å². The first kappa shape index (κ1) is 52.5. The van der Waals surface area contributed by atoms with Gasteiger partial charge in [-0.15, -0.1) is 0 Å². The summed E-state index contributed by atoms with van der Waals surface area (Å²) in [5.74, 6) is -1.72. The van der Waals surface area contributed by atoms with E-state index in [-0.39, 0.29) is 36.9 Å². The fourth-order valence-corrected chi connectivity index (χ4v) is 10.7. The minimum atomic E-state index is -1.24. The molecule has 388 valence electrons. The largest absolute Gasteiger partial charge is 0.494 e. The number of amides is 1. The third kappa shape index (κ3) is 9.75. The number of nitrogens with zero attached hydrogens (tertiary/aromatic N) is 2. The van der Waals surface area contributed by atoms with E-state index in [4.69, 9.17) is 38.3 Å². The topological polar surface area (TPSA) is 196 Å². The van der Waals surface area contributed by atoms with Crippen LogP contribution in [0.1, 0.15) is 131 Å². The molecule has 74 heavy (non-hydrogen) atoms. The fraction of sp³-hybridized carbons (Fsp3) is 0.439. The number of aromatic carboxylic acids is 1. The van der Waals surface area contributed by atoms with E-state index in [0.717, 1.165) is 116 Å². The molecule has 0 bridgehead atoms. The molecule has 0 unspecified atom stereocenters. The number of benzene rings is 4. The minimum absolute atomic E-state index is 0. The molecule has 6 aliphatic rings. The molecule has 0 spiro atoms. The number of rotatable bonds is 5. The highest BCUT2D eigenvalue weighted by molar-refractivity contribution is 6.62. The maximum Gasteiger partial charge on any atom is 0.494 e. The van der Waals surface area contributed by atoms with Crippen molar-refractivity contribution >= 4 is 81.7 Å². The molecule has 4 N–H and O–H groups in total. The number of carboxylic acid groups (broad SMARTS) is 1. The number of hydrogen-bond acceptors (Lipinski definition) is 13. The zero-order valence-corrected chi connectivity index (χ0v) is 43.1. The molecule has 2 aromatic heterocycles. The Morgan fingerprint density at radius 1 is 0.568 bits per heavy atom. The fourth-order valence-electron chi connectivity index (χ4n) is 10.7. The van der Waals surface area contributed by atoms with Crippen molar-refractivity contribution in [2.24, 2.45) is 0 Å². The molecule has 2 fully saturated rings. The van der Waals surface area contributed by atoms with Gasteiger partial charge in [0.25, 0.3) is 5.91 Å². The number of hydrogen-bond donors (Lipinski definition) is 3. The second kappa shape index (κ2) is 19.7. The van der Waals surface area contributed by atoms with Crippen molar-refractivity contribution in [3.63, 3.8) is 0 Å². The Labute approximate surface area is 433 Å². The molecule has 8 heterocycles. The van der Waals surface area contributed by atoms with Gasteiger partial charge in [-0.05, 0) is 177 Å². The van der Waals surface area contributed by atoms with Gasteiger partial charge in [0.1, 0.15) is 22.3 Å². The summed E-state index contributed by atoms with van der Waals surface area (Å²) in [4.78, 5) is 53.7. The molecule has 6 aromatic rings. The van der Waals surface area contributed by atoms with Crippen LogP contribution in [0.25, 0.3) is 21.9 Å². The van der Waals surface area contributed by atoms with E-state index in [9.17, 15) is 19.2 Å². The maximum atomic E-state index is 13.1. The standard InChI is InChI=1S/C28H31BN2O5.C16H15NO4.C12H18BNO2.CH4/c1-27(2)28(3,4)36-29(35-27)19-9-11-20(12-10-19)30-25(32)22-16-18-15-17-7-5-13-31-14-6-8-21(23(17)31)24(18)34-26(22)33;18-15(19)12-8-10-7-9-3-1-5-17-6-2-4-11(13(9)17)14(10)21-16(12)20;1-11(2)12(3,4)16-13(15-11)9-5-7-10(14)8-6-9;/h9-12,15-16H,5-8,13-14H2,1-4H3,(H,30,32);7-8H,1-6H2,(H,18,19);5-8H,14H2,1-4H3;1H4. The average molecular weight is 1010 g/mol. The van der Waals surface area contributed by atoms with Crippen LogP contribution < -0.4 is 43.0 Å². The van der Waals surface area contributed by atoms with Crippen LogP contribution in [0.2, 0.25) is 0 Å². The van der Waals surface area contributed by atoms with Crippen LogP contribution >= 0.6 is 0 Å². The van der Waals surface area contributed by atoms with Gasteiger partial charge in [-0.1, -0.05) is 31.7 Å². The molecule has 0 saturated carbocycles. The predicted octanol–water partition coefficient (Wildman–Crippen LogP) is 8.44. The SMILES string of the molecule is C.CC1(C)OB(c2ccc(N)cc2)OC1(C)C.CC1(C)OB(c2ccc(NC(=O)c3cc4cc5c6c(c4oc3=O)CCCN6CCC5)cc2)OC1(C)C.O=C(O)c1cc2cc3c4c(c2oc1=O)CCCN4CCC3. The molecule has 0 radical (unpaired) electrons. The first-order valence-electron chi connectivity index (χ1n) is 25.6. The van der Waals surface area contributed by atoms with Crippen molar-refractivity contribution in [1.29, 1.82) is 0 Å². The molecule has 12 rings (SSSR count). The highest BCUT2D eigenvalue weighted by Gasteiger charge is 2.52. The molecular weight excluding hydrogens is 938 g/mol. The highest BCUT2D eigenvalue weighted by Crippen LogP contribution is 2.42. The number of nitrogen functional groups attached to an aromatic ring is 1. The third-order valence-electron chi connectivity index (χ3n) is 16.1. The Morgan fingerprint density at radius 2 is 0.946 bits per heavy atom. The van der Waals surface area contributed by atoms with E-state index in [1.165, 1.54) is 28.6 Å². The van der Waals surface area contributed by atoms with E-state index >= 15 is 0 Å². The average Bonchev–Trinajstić information content (AvgIpc) is 3.71. The molecule has 1 amide bonds. The van der Waals surface area contributed by atoms with Crippen molar-refractivity contribution in [3.05, 3.63) is 127 Å². The molecule has 0 aliphatic carbocycles. The molecule has 2 saturated heterocycles. The maximum absolute atomic E-state index is 13.1. The second-order valence-corrected chi connectivity index (χ2v) is 22.1. The summed E-state index contributed by atoms with van der Waals surface area (Å²) in [5, 5.41) is 13.4. The Hall–Kier alpha value is -6.39. The van der Waals surface area contributed by atoms with Gasteiger partial charge in [-0.3, -0.25) is 4.79 Å². The van der Waals surface area contributed by atoms with Crippen LogP contribution in [-0.2, 0) is 44.3 Å². The van der Waals surface area contributed by atoms with Crippen LogP contribution in [0.5, 0.6) is 0 Å². The van der Waals surface area contributed by atoms with Gasteiger partial charge in [-0.25, -0.2) is 14.4 Å². The van der Waals surface area contributed by atoms with Gasteiger partial charge >= 0.3 is 31.5 Å². The summed E-state index contributed by atoms with van der Waals surface area (Å²) in [6, 6.07) is 22.1. The zero-order chi connectivity index (χ0) is 51.8. The smallest absolute Gasteiger partial charge is 0.477 e. The number of aryl methyl sites for hydroxylation is 4. The normalized spacial score (nSPS) is 19.3. The summed E-state index contributed by atoms with van der Waals surface area (Å²) in [6.07, 6.45) is 8.08. The van der Waals surface area contributed by atoms with Crippen molar-refractivity contribution in [1.82, 2.24) is 0 Å². The molecule has 15 nitrogen and oxygen atoms in total. The van der Waals surface area contributed by atoms with E-state index in [0.29, 0.717) is 16.9 Å². The third-order valence-corrected chi connectivity index (χ3v) is 16.1. The van der Waals surface area contributed by atoms with E-state index in [1.807, 2.05) is 97.9 Å². The van der Waals surface area contributed by atoms with Crippen LogP contribution in [0.3, 0.4) is 0 Å². The molecule has 4 aromatic carbocycles. The van der Waals surface area contributed by atoms with Crippen molar-refractivity contribution in [3.8, 4) is 0 Å². The van der Waals surface area contributed by atoms with Crippen molar-refractivity contribution in [2.45, 2.75) is 137 Å². The van der Waals surface area contributed by atoms with Crippen LogP contribution in [-0.4, -0.2) is 79.8 Å². The highest BCUT2D eigenvalue weighted by atomic mass is 16.7. The van der Waals surface area contributed by atoms with E-state index in [2.05, 4.69) is 21.2 Å². The number of carbonyl (C=O) groups is 2. The lowest BCUT2D eigenvalue weighted by atomic mass is 9.79. The van der Waals surface area contributed by atoms with Crippen LogP contribution in [0, 0.1) is 0 Å². The van der Waals surface area contributed by atoms with Gasteiger partial charge in [0.2, 0.25) is 0 Å². The zero-order valence-electron chi connectivity index (χ0n) is 43.1. The van der Waals surface area contributed by atoms with Crippen molar-refractivity contribution in [2.75, 3.05) is 47.0 Å². The monoisotopic (exact) mass is 1010 g/mol. The predicted molar refractivity (Wildman–Crippen MR) is 293 cm³/mol. The number of fused-ring (bicyclic) bond motifs is 4. The number of carbonyl (C=O) groups excluding carboxylic acids is 1. The van der Waals surface area contributed by atoms with E-state index in [1.54, 1.807) is 18.2 Å². The minimum Gasteiger partial charge on any atom is -0.477 e. The molecule has 17 heteroatoms. The van der Waals surface area contributed by atoms with Crippen molar-refractivity contribution < 1.29 is 42.1 Å². The Morgan fingerprint density at radius 3 is 1.36 bits per heavy atom. The summed E-state index contributed by atoms with van der Waals surface area (Å²) in [6.45, 7) is 20.4. The van der Waals surface area contributed by atoms with Gasteiger partial charge in [0, 0.05) is 70.8 Å². The summed E-state index contributed by atoms with van der Waals surface area (Å²) < 4.78 is 35.2. The number of carboxylic acids is 1. The molecule has 0 atom stereocenters. The van der Waals surface area contributed by atoms with Crippen LogP contribution in [0.15, 0.2) is 91.2 Å². The molecular formula is C57H68B2N4O11. The Kier molecular flexibility index (Phi) is 14.0. The molecule has 6 aliphatic heterocycles. The van der Waals surface area contributed by atoms with Gasteiger partial charge in [0.15, 0.2) is 0 Å². The Bertz CT molecular complexity index is 3240. The second-order valence-electron chi connectivity index (χ2n) is 22.1. The van der Waals surface area contributed by atoms with Gasteiger partial charge in [-0.2, -0.15) is 0 Å². The lowest BCUT2D eigenvalue weighted by molar-refractivity contribution is 0.00578. The number of anilines is 4. The lowest BCUT2D eigenvalue weighted by Gasteiger charge is -2.37. The van der Waals surface area contributed by atoms with Crippen LogP contribution in [0.4, 0.5) is 22.7 Å².